The highest BCUT2D eigenvalue weighted by Gasteiger charge is 2.45. The molecule has 0 aromatic heterocycles. The van der Waals surface area contributed by atoms with Gasteiger partial charge in [-0.3, -0.25) is 4.99 Å². The lowest BCUT2D eigenvalue weighted by Gasteiger charge is -2.25. The lowest BCUT2D eigenvalue weighted by molar-refractivity contribution is -0.651. The second kappa shape index (κ2) is 9.74. The van der Waals surface area contributed by atoms with Crippen LogP contribution in [0, 0.1) is 4.91 Å². The van der Waals surface area contributed by atoms with Crippen molar-refractivity contribution in [3.05, 3.63) is 40.3 Å². The molecule has 0 spiro atoms. The van der Waals surface area contributed by atoms with Gasteiger partial charge in [-0.05, 0) is 51.3 Å². The summed E-state index contributed by atoms with van der Waals surface area (Å²) < 4.78 is 53.4. The molecule has 182 valence electrons. The van der Waals surface area contributed by atoms with E-state index in [0.29, 0.717) is 42.7 Å². The van der Waals surface area contributed by atoms with Crippen LogP contribution in [0.2, 0.25) is 0 Å². The Hall–Kier alpha value is -2.56. The van der Waals surface area contributed by atoms with E-state index < -0.39 is 28.0 Å². The van der Waals surface area contributed by atoms with Gasteiger partial charge in [-0.1, -0.05) is 12.1 Å². The molecule has 0 amide bonds. The highest BCUT2D eigenvalue weighted by molar-refractivity contribution is 7.91. The fraction of sp³-hybridized carbons (Fsp3) is 0.591. The molecule has 1 aliphatic carbocycles. The molecule has 33 heavy (non-hydrogen) atoms. The minimum absolute atomic E-state index is 0.0109. The van der Waals surface area contributed by atoms with Crippen LogP contribution in [0.25, 0.3) is 5.70 Å². The zero-order valence-electron chi connectivity index (χ0n) is 19.1. The number of ether oxygens (including phenoxy) is 1. The minimum atomic E-state index is -3.15. The van der Waals surface area contributed by atoms with Gasteiger partial charge in [0.05, 0.1) is 22.8 Å². The van der Waals surface area contributed by atoms with Crippen molar-refractivity contribution < 1.29 is 26.8 Å². The lowest BCUT2D eigenvalue weighted by atomic mass is 9.86. The van der Waals surface area contributed by atoms with Crippen LogP contribution in [-0.4, -0.2) is 54.7 Å². The summed E-state index contributed by atoms with van der Waals surface area (Å²) in [7, 11) is -3.15. The third-order valence-corrected chi connectivity index (χ3v) is 7.73. The van der Waals surface area contributed by atoms with Crippen molar-refractivity contribution in [3.63, 3.8) is 0 Å². The molecule has 11 heteroatoms. The van der Waals surface area contributed by atoms with Crippen LogP contribution in [-0.2, 0) is 9.84 Å². The average molecular weight is 486 g/mol. The highest BCUT2D eigenvalue weighted by Crippen LogP contribution is 2.31. The molecule has 1 aromatic carbocycles. The summed E-state index contributed by atoms with van der Waals surface area (Å²) in [5.74, 6) is -0.00264. The third-order valence-electron chi connectivity index (χ3n) is 5.83. The quantitative estimate of drug-likeness (QED) is 0.453. The Kier molecular flexibility index (Phi) is 7.40. The zero-order valence-corrected chi connectivity index (χ0v) is 19.9. The van der Waals surface area contributed by atoms with Crippen LogP contribution in [0.1, 0.15) is 52.0 Å². The number of rotatable bonds is 7. The number of nitrogens with zero attached hydrogens (tertiary/aromatic N) is 2. The minimum Gasteiger partial charge on any atom is -0.435 e. The number of hydrazine groups is 1. The summed E-state index contributed by atoms with van der Waals surface area (Å²) >= 11 is 0. The van der Waals surface area contributed by atoms with Crippen LogP contribution < -0.4 is 15.9 Å². The molecule has 1 saturated carbocycles. The molecule has 3 rings (SSSR count). The van der Waals surface area contributed by atoms with Crippen molar-refractivity contribution in [2.45, 2.75) is 70.7 Å². The SMILES string of the molecule is CC(C)N=C1CC([N+](=O)N[C@@]2(C)CCS(=O)(=O)C2)CC/C1=C(/N)c1cccc(OC(F)F)c1. The summed E-state index contributed by atoms with van der Waals surface area (Å²) in [6, 6.07) is 5.70. The van der Waals surface area contributed by atoms with E-state index in [9.17, 15) is 22.1 Å². The van der Waals surface area contributed by atoms with E-state index in [0.717, 1.165) is 10.4 Å². The number of nitroso groups, excluding NO2 is 1. The molecule has 2 aliphatic rings. The smallest absolute Gasteiger partial charge is 0.387 e. The molecule has 1 aromatic rings. The first-order valence-corrected chi connectivity index (χ1v) is 12.7. The summed E-state index contributed by atoms with van der Waals surface area (Å²) in [5, 5.41) is 0. The molecule has 8 nitrogen and oxygen atoms in total. The van der Waals surface area contributed by atoms with Gasteiger partial charge >= 0.3 is 6.61 Å². The van der Waals surface area contributed by atoms with Gasteiger partial charge in [0.2, 0.25) is 6.04 Å². The van der Waals surface area contributed by atoms with Crippen molar-refractivity contribution in [1.82, 2.24) is 5.43 Å². The predicted molar refractivity (Wildman–Crippen MR) is 123 cm³/mol. The molecule has 1 saturated heterocycles. The van der Waals surface area contributed by atoms with Crippen molar-refractivity contribution in [2.75, 3.05) is 11.5 Å². The Labute approximate surface area is 192 Å². The molecule has 1 heterocycles. The number of nitrogens with two attached hydrogens (primary N) is 1. The fourth-order valence-electron chi connectivity index (χ4n) is 4.31. The number of hydrogen-bond donors (Lipinski definition) is 2. The molecular weight excluding hydrogens is 454 g/mol. The van der Waals surface area contributed by atoms with Gasteiger partial charge in [-0.15, -0.1) is 5.43 Å². The number of alkyl halides is 2. The summed E-state index contributed by atoms with van der Waals surface area (Å²) in [6.07, 6.45) is 1.67. The van der Waals surface area contributed by atoms with Gasteiger partial charge < -0.3 is 10.5 Å². The maximum atomic E-state index is 12.9. The topological polar surface area (TPSA) is 114 Å². The molecule has 0 bridgehead atoms. The van der Waals surface area contributed by atoms with Gasteiger partial charge in [0.1, 0.15) is 16.2 Å². The molecule has 2 fully saturated rings. The number of benzene rings is 1. The van der Waals surface area contributed by atoms with Gasteiger partial charge in [0.15, 0.2) is 9.84 Å². The van der Waals surface area contributed by atoms with Crippen LogP contribution >= 0.6 is 0 Å². The Bertz CT molecular complexity index is 1070. The Balaban J connectivity index is 1.82. The van der Waals surface area contributed by atoms with Crippen molar-refractivity contribution in [1.29, 1.82) is 0 Å². The Morgan fingerprint density at radius 3 is 2.70 bits per heavy atom. The fourth-order valence-corrected chi connectivity index (χ4v) is 6.39. The Morgan fingerprint density at radius 2 is 2.09 bits per heavy atom. The lowest BCUT2D eigenvalue weighted by Crippen LogP contribution is -2.52. The van der Waals surface area contributed by atoms with E-state index in [2.05, 4.69) is 15.2 Å². The zero-order chi connectivity index (χ0) is 24.4. The van der Waals surface area contributed by atoms with E-state index in [4.69, 9.17) is 5.73 Å². The summed E-state index contributed by atoms with van der Waals surface area (Å²) in [6.45, 7) is 2.64. The maximum Gasteiger partial charge on any atom is 0.387 e. The number of allylic oxidation sites excluding steroid dienone is 1. The van der Waals surface area contributed by atoms with Crippen molar-refractivity contribution in [3.8, 4) is 5.75 Å². The van der Waals surface area contributed by atoms with Crippen molar-refractivity contribution >= 4 is 21.2 Å². The molecule has 1 aliphatic heterocycles. The average Bonchev–Trinajstić information content (AvgIpc) is 2.99. The third kappa shape index (κ3) is 6.49. The second-order valence-corrected chi connectivity index (χ2v) is 11.4. The first-order valence-electron chi connectivity index (χ1n) is 10.9. The second-order valence-electron chi connectivity index (χ2n) is 9.21. The van der Waals surface area contributed by atoms with E-state index in [1.54, 1.807) is 19.1 Å². The monoisotopic (exact) mass is 485 g/mol. The van der Waals surface area contributed by atoms with Crippen LogP contribution in [0.4, 0.5) is 8.78 Å². The first-order chi connectivity index (χ1) is 15.4. The van der Waals surface area contributed by atoms with E-state index in [-0.39, 0.29) is 23.3 Å². The molecule has 0 radical (unpaired) electrons. The first kappa shape index (κ1) is 25.1. The summed E-state index contributed by atoms with van der Waals surface area (Å²) in [5.41, 5.74) is 10.9. The number of hydrogen-bond acceptors (Lipinski definition) is 6. The van der Waals surface area contributed by atoms with Crippen LogP contribution in [0.15, 0.2) is 34.8 Å². The van der Waals surface area contributed by atoms with Gasteiger partial charge in [-0.25, -0.2) is 8.42 Å². The standard InChI is InChI=1S/C22H31F2N4O4S/c1-14(2)26-19-12-16(28(29)27-22(3)9-10-33(30,31)13-22)7-8-18(19)20(25)15-5-4-6-17(11-15)32-21(23)24/h4-6,11,14,16,21H,7-10,12-13,25H2,1-3H3,(H,27,29)/q+1/b20-18-,26-19?/t16?,22-/m0/s1. The highest BCUT2D eigenvalue weighted by atomic mass is 32.2. The van der Waals surface area contributed by atoms with E-state index >= 15 is 0 Å². The van der Waals surface area contributed by atoms with Crippen molar-refractivity contribution in [2.24, 2.45) is 10.7 Å². The normalized spacial score (nSPS) is 27.7. The molecule has 2 atom stereocenters. The van der Waals surface area contributed by atoms with Gasteiger partial charge in [-0.2, -0.15) is 8.78 Å². The largest absolute Gasteiger partial charge is 0.435 e. The van der Waals surface area contributed by atoms with Gasteiger partial charge in [0.25, 0.3) is 0 Å². The summed E-state index contributed by atoms with van der Waals surface area (Å²) in [4.78, 5) is 18.4. The van der Waals surface area contributed by atoms with Crippen LogP contribution in [0.5, 0.6) is 5.75 Å². The number of aliphatic imine (C=N–C) groups is 1. The number of halogens is 2. The maximum absolute atomic E-state index is 12.9. The van der Waals surface area contributed by atoms with E-state index in [1.807, 2.05) is 13.8 Å². The van der Waals surface area contributed by atoms with E-state index in [1.165, 1.54) is 12.1 Å². The molecule has 3 N–H and O–H groups in total. The predicted octanol–water partition coefficient (Wildman–Crippen LogP) is 3.22. The molecular formula is C22H31F2N4O4S+. The van der Waals surface area contributed by atoms with Crippen LogP contribution in [0.3, 0.4) is 0 Å². The number of nitrogens with one attached hydrogen (secondary N) is 1. The Morgan fingerprint density at radius 1 is 1.36 bits per heavy atom. The number of sulfone groups is 1. The molecule has 1 unspecified atom stereocenters. The van der Waals surface area contributed by atoms with Gasteiger partial charge in [0, 0.05) is 29.4 Å².